The Morgan fingerprint density at radius 2 is 0.967 bits per heavy atom. The minimum Gasteiger partial charge on any atom is -0.465 e. The average molecular weight is 850 g/mol. The quantitative estimate of drug-likeness (QED) is 0.0256. The Bertz CT molecular complexity index is 995. The van der Waals surface area contributed by atoms with E-state index in [1.165, 1.54) is 96.3 Å². The molecule has 0 fully saturated rings. The molecule has 9 nitrogen and oxygen atoms in total. The number of esters is 2. The topological polar surface area (TPSA) is 101 Å². The lowest BCUT2D eigenvalue weighted by atomic mass is 10.0. The van der Waals surface area contributed by atoms with E-state index in [2.05, 4.69) is 63.8 Å². The van der Waals surface area contributed by atoms with Crippen LogP contribution in [0.3, 0.4) is 0 Å². The summed E-state index contributed by atoms with van der Waals surface area (Å²) < 4.78 is 28.3. The van der Waals surface area contributed by atoms with Crippen molar-refractivity contribution in [1.82, 2.24) is 4.90 Å². The van der Waals surface area contributed by atoms with E-state index in [-0.39, 0.29) is 50.9 Å². The van der Waals surface area contributed by atoms with Gasteiger partial charge in [-0.1, -0.05) is 168 Å². The smallest absolute Gasteiger partial charge is 0.465 e. The third-order valence-corrected chi connectivity index (χ3v) is 11.1. The van der Waals surface area contributed by atoms with Gasteiger partial charge in [0.05, 0.1) is 18.6 Å². The molecule has 0 aliphatic rings. The van der Waals surface area contributed by atoms with Crippen molar-refractivity contribution in [3.63, 3.8) is 0 Å². The van der Waals surface area contributed by atoms with Gasteiger partial charge in [-0.25, -0.2) is 4.79 Å². The summed E-state index contributed by atoms with van der Waals surface area (Å²) >= 11 is 0. The summed E-state index contributed by atoms with van der Waals surface area (Å²) in [4.78, 5) is 40.3. The van der Waals surface area contributed by atoms with Crippen molar-refractivity contribution < 1.29 is 38.1 Å². The van der Waals surface area contributed by atoms with E-state index >= 15 is 0 Å². The van der Waals surface area contributed by atoms with Crippen molar-refractivity contribution in [2.45, 2.75) is 227 Å². The zero-order valence-electron chi connectivity index (χ0n) is 39.8. The summed E-state index contributed by atoms with van der Waals surface area (Å²) in [6.45, 7) is 14.6. The lowest BCUT2D eigenvalue weighted by Gasteiger charge is -2.20. The van der Waals surface area contributed by atoms with Crippen LogP contribution in [0.15, 0.2) is 24.3 Å². The van der Waals surface area contributed by atoms with Crippen molar-refractivity contribution in [2.24, 2.45) is 5.92 Å². The number of unbranched alkanes of at least 4 members (excludes halogenated alkanes) is 19. The van der Waals surface area contributed by atoms with E-state index in [0.29, 0.717) is 19.3 Å². The second-order valence-corrected chi connectivity index (χ2v) is 16.7. The van der Waals surface area contributed by atoms with E-state index in [0.717, 1.165) is 90.4 Å². The first-order valence-corrected chi connectivity index (χ1v) is 25.1. The number of ether oxygens (including phenoxy) is 5. The van der Waals surface area contributed by atoms with Crippen LogP contribution < -0.4 is 0 Å². The molecule has 0 heterocycles. The second-order valence-electron chi connectivity index (χ2n) is 16.7. The van der Waals surface area contributed by atoms with Crippen LogP contribution in [0.25, 0.3) is 0 Å². The van der Waals surface area contributed by atoms with Crippen LogP contribution in [0.2, 0.25) is 0 Å². The number of nitrogens with zero attached hydrogens (tertiary/aromatic N) is 1. The molecule has 2 atom stereocenters. The van der Waals surface area contributed by atoms with Crippen LogP contribution in [0.4, 0.5) is 4.79 Å². The Labute approximate surface area is 369 Å². The number of carbonyl (C=O) groups is 3. The summed E-state index contributed by atoms with van der Waals surface area (Å²) in [5.74, 6) is -1.09. The molecule has 0 spiro atoms. The molecular formula is C51H95NO8. The third-order valence-electron chi connectivity index (χ3n) is 11.1. The van der Waals surface area contributed by atoms with Crippen LogP contribution in [-0.4, -0.2) is 81.8 Å². The van der Waals surface area contributed by atoms with Crippen molar-refractivity contribution in [3.05, 3.63) is 24.3 Å². The molecule has 2 unspecified atom stereocenters. The van der Waals surface area contributed by atoms with Gasteiger partial charge in [0.15, 0.2) is 0 Å². The number of allylic oxidation sites excluding steroid dienone is 4. The minimum absolute atomic E-state index is 0.00383. The maximum Gasteiger partial charge on any atom is 0.508 e. The molecule has 0 bridgehead atoms. The van der Waals surface area contributed by atoms with Crippen molar-refractivity contribution in [3.8, 4) is 0 Å². The van der Waals surface area contributed by atoms with Gasteiger partial charge in [-0.2, -0.15) is 0 Å². The first-order valence-electron chi connectivity index (χ1n) is 25.1. The monoisotopic (exact) mass is 850 g/mol. The van der Waals surface area contributed by atoms with Crippen LogP contribution in [0.5, 0.6) is 0 Å². The van der Waals surface area contributed by atoms with Crippen molar-refractivity contribution in [1.29, 1.82) is 0 Å². The molecule has 0 saturated heterocycles. The fourth-order valence-corrected chi connectivity index (χ4v) is 7.05. The number of rotatable bonds is 45. The third kappa shape index (κ3) is 41.0. The molecule has 0 radical (unpaired) electrons. The largest absolute Gasteiger partial charge is 0.508 e. The zero-order chi connectivity index (χ0) is 44.0. The molecule has 352 valence electrons. The van der Waals surface area contributed by atoms with Gasteiger partial charge >= 0.3 is 18.1 Å². The summed E-state index contributed by atoms with van der Waals surface area (Å²) in [6, 6.07) is 0. The van der Waals surface area contributed by atoms with Crippen molar-refractivity contribution in [2.75, 3.05) is 52.7 Å². The predicted octanol–water partition coefficient (Wildman–Crippen LogP) is 14.1. The first kappa shape index (κ1) is 57.6. The van der Waals surface area contributed by atoms with Gasteiger partial charge in [0.1, 0.15) is 19.8 Å². The molecule has 0 aromatic carbocycles. The molecule has 60 heavy (non-hydrogen) atoms. The van der Waals surface area contributed by atoms with Crippen LogP contribution in [0, 0.1) is 5.92 Å². The van der Waals surface area contributed by atoms with Gasteiger partial charge in [0, 0.05) is 26.0 Å². The fourth-order valence-electron chi connectivity index (χ4n) is 7.05. The normalized spacial score (nSPS) is 12.7. The summed E-state index contributed by atoms with van der Waals surface area (Å²) in [5, 5.41) is 0. The molecule has 0 N–H and O–H groups in total. The van der Waals surface area contributed by atoms with E-state index in [9.17, 15) is 14.4 Å². The zero-order valence-corrected chi connectivity index (χ0v) is 39.8. The standard InChI is InChI=1S/C51H95NO8/c1-6-11-14-17-20-21-22-23-24-25-26-27-29-31-34-38-49(53)58-44-47(46-60-51(55)57-43-36-41-52(9-4)10-5)45-59-50(54)40-39-48(37-33-30-28-18-15-12-7-2)56-42-35-32-19-16-13-8-3/h20-21,23-24,47-48H,6-19,22,25-46H2,1-5H3/b21-20-,24-23-. The molecule has 0 aromatic rings. The maximum absolute atomic E-state index is 13.0. The molecule has 0 amide bonds. The SMILES string of the molecule is CCCCC/C=C\C/C=C\CCCCCCCC(=O)OCC(COC(=O)CCC(CCCCCCCCC)OCCCCCCCC)COC(=O)OCCCN(CC)CC. The van der Waals surface area contributed by atoms with Gasteiger partial charge in [-0.05, 0) is 77.3 Å². The van der Waals surface area contributed by atoms with E-state index < -0.39 is 12.1 Å². The summed E-state index contributed by atoms with van der Waals surface area (Å²) in [7, 11) is 0. The predicted molar refractivity (Wildman–Crippen MR) is 249 cm³/mol. The highest BCUT2D eigenvalue weighted by Crippen LogP contribution is 2.17. The van der Waals surface area contributed by atoms with Crippen molar-refractivity contribution >= 4 is 18.1 Å². The summed E-state index contributed by atoms with van der Waals surface area (Å²) in [5.41, 5.74) is 0. The lowest BCUT2D eigenvalue weighted by Crippen LogP contribution is -2.27. The lowest BCUT2D eigenvalue weighted by molar-refractivity contribution is -0.150. The highest BCUT2D eigenvalue weighted by Gasteiger charge is 2.20. The molecule has 0 aliphatic heterocycles. The van der Waals surface area contributed by atoms with Crippen LogP contribution in [-0.2, 0) is 33.3 Å². The molecule has 0 saturated carbocycles. The summed E-state index contributed by atoms with van der Waals surface area (Å²) in [6.07, 6.45) is 39.5. The van der Waals surface area contributed by atoms with Gasteiger partial charge in [0.25, 0.3) is 0 Å². The molecular weight excluding hydrogens is 755 g/mol. The van der Waals surface area contributed by atoms with E-state index in [1.807, 2.05) is 0 Å². The molecule has 9 heteroatoms. The Morgan fingerprint density at radius 1 is 0.467 bits per heavy atom. The first-order chi connectivity index (χ1) is 29.4. The highest BCUT2D eigenvalue weighted by molar-refractivity contribution is 5.69. The van der Waals surface area contributed by atoms with Crippen LogP contribution >= 0.6 is 0 Å². The van der Waals surface area contributed by atoms with Gasteiger partial charge in [0.2, 0.25) is 0 Å². The van der Waals surface area contributed by atoms with Gasteiger partial charge < -0.3 is 28.6 Å². The fraction of sp³-hybridized carbons (Fsp3) is 0.863. The number of carbonyl (C=O) groups excluding carboxylic acids is 3. The second kappa shape index (κ2) is 46.1. The molecule has 0 aliphatic carbocycles. The maximum atomic E-state index is 13.0. The van der Waals surface area contributed by atoms with E-state index in [1.54, 1.807) is 0 Å². The highest BCUT2D eigenvalue weighted by atomic mass is 16.7. The minimum atomic E-state index is -0.766. The average Bonchev–Trinajstić information content (AvgIpc) is 3.25. The molecule has 0 aromatic heterocycles. The van der Waals surface area contributed by atoms with Gasteiger partial charge in [-0.3, -0.25) is 9.59 Å². The number of hydrogen-bond acceptors (Lipinski definition) is 9. The Balaban J connectivity index is 4.84. The number of hydrogen-bond donors (Lipinski definition) is 0. The van der Waals surface area contributed by atoms with Gasteiger partial charge in [-0.15, -0.1) is 0 Å². The molecule has 0 rings (SSSR count). The van der Waals surface area contributed by atoms with E-state index in [4.69, 9.17) is 23.7 Å². The Hall–Kier alpha value is -2.39. The Kier molecular flexibility index (Phi) is 44.3. The van der Waals surface area contributed by atoms with Crippen LogP contribution in [0.1, 0.15) is 221 Å². The Morgan fingerprint density at radius 3 is 1.58 bits per heavy atom.